The van der Waals surface area contributed by atoms with Crippen molar-refractivity contribution in [2.75, 3.05) is 13.2 Å². The first-order chi connectivity index (χ1) is 8.38. The molecule has 1 heterocycles. The Morgan fingerprint density at radius 1 is 1.67 bits per heavy atom. The van der Waals surface area contributed by atoms with Gasteiger partial charge in [0.05, 0.1) is 12.1 Å². The molecule has 1 aliphatic rings. The molecule has 2 atom stereocenters. The number of hydrogen-bond acceptors (Lipinski definition) is 4. The van der Waals surface area contributed by atoms with Crippen molar-refractivity contribution in [1.29, 1.82) is 0 Å². The maximum atomic E-state index is 12.3. The number of amides is 1. The topological polar surface area (TPSA) is 96.9 Å². The predicted molar refractivity (Wildman–Crippen MR) is 68.4 cm³/mol. The quantitative estimate of drug-likeness (QED) is 0.301. The molecule has 0 aromatic heterocycles. The number of nitrogens with two attached hydrogens (primary N) is 1. The summed E-state index contributed by atoms with van der Waals surface area (Å²) >= 11 is 0. The number of rotatable bonds is 4. The number of hydrogen-bond donors (Lipinski definition) is 3. The summed E-state index contributed by atoms with van der Waals surface area (Å²) in [6.45, 7) is 6.68. The Morgan fingerprint density at radius 3 is 2.78 bits per heavy atom. The molecule has 18 heavy (non-hydrogen) atoms. The zero-order chi connectivity index (χ0) is 13.8. The summed E-state index contributed by atoms with van der Waals surface area (Å²) in [5.41, 5.74) is 4.25. The number of oxime groups is 1. The van der Waals surface area contributed by atoms with Crippen molar-refractivity contribution < 1.29 is 14.7 Å². The van der Waals surface area contributed by atoms with Crippen molar-refractivity contribution in [1.82, 2.24) is 5.32 Å². The molecule has 0 bridgehead atoms. The van der Waals surface area contributed by atoms with Gasteiger partial charge in [-0.3, -0.25) is 4.79 Å². The van der Waals surface area contributed by atoms with Gasteiger partial charge >= 0.3 is 0 Å². The van der Waals surface area contributed by atoms with Crippen LogP contribution in [0.3, 0.4) is 0 Å². The van der Waals surface area contributed by atoms with E-state index in [0.29, 0.717) is 13.0 Å². The molecule has 104 valence electrons. The van der Waals surface area contributed by atoms with Crippen LogP contribution in [0, 0.1) is 5.41 Å². The van der Waals surface area contributed by atoms with Gasteiger partial charge in [-0.1, -0.05) is 12.1 Å². The number of carbonyl (C=O) groups excluding carboxylic acids is 1. The summed E-state index contributed by atoms with van der Waals surface area (Å²) in [4.78, 5) is 12.3. The number of carbonyl (C=O) groups is 1. The van der Waals surface area contributed by atoms with Crippen LogP contribution in [-0.4, -0.2) is 35.7 Å². The minimum absolute atomic E-state index is 0.0668. The van der Waals surface area contributed by atoms with E-state index in [1.54, 1.807) is 6.92 Å². The van der Waals surface area contributed by atoms with Crippen LogP contribution in [0.5, 0.6) is 0 Å². The van der Waals surface area contributed by atoms with Crippen molar-refractivity contribution in [2.24, 2.45) is 16.3 Å². The maximum Gasteiger partial charge on any atom is 0.234 e. The molecule has 1 rings (SSSR count). The molecular formula is C12H23N3O3. The highest BCUT2D eigenvalue weighted by atomic mass is 16.5. The van der Waals surface area contributed by atoms with Crippen LogP contribution in [0.15, 0.2) is 5.16 Å². The fourth-order valence-corrected chi connectivity index (χ4v) is 2.01. The third-order valence-corrected chi connectivity index (χ3v) is 3.73. The van der Waals surface area contributed by atoms with Gasteiger partial charge < -0.3 is 21.0 Å². The molecule has 0 aromatic carbocycles. The zero-order valence-corrected chi connectivity index (χ0v) is 11.3. The number of nitrogens with one attached hydrogen (secondary N) is 1. The van der Waals surface area contributed by atoms with E-state index in [4.69, 9.17) is 15.7 Å². The molecule has 1 saturated heterocycles. The molecule has 0 aliphatic carbocycles. The first-order valence-corrected chi connectivity index (χ1v) is 6.26. The molecule has 1 aliphatic heterocycles. The Hall–Kier alpha value is -1.30. The monoisotopic (exact) mass is 257 g/mol. The SMILES string of the molecule is CCC(C)(C(=O)NC1(C)CCCOC1)C(N)=NO. The maximum absolute atomic E-state index is 12.3. The normalized spacial score (nSPS) is 28.5. The van der Waals surface area contributed by atoms with Crippen LogP contribution in [0.4, 0.5) is 0 Å². The van der Waals surface area contributed by atoms with Crippen LogP contribution < -0.4 is 11.1 Å². The van der Waals surface area contributed by atoms with Crippen LogP contribution in [0.2, 0.25) is 0 Å². The Morgan fingerprint density at radius 2 is 2.33 bits per heavy atom. The van der Waals surface area contributed by atoms with Gasteiger partial charge in [-0.05, 0) is 33.1 Å². The number of ether oxygens (including phenoxy) is 1. The van der Waals surface area contributed by atoms with Crippen LogP contribution in [-0.2, 0) is 9.53 Å². The summed E-state index contributed by atoms with van der Waals surface area (Å²) in [6.07, 6.45) is 2.25. The van der Waals surface area contributed by atoms with Gasteiger partial charge in [0.2, 0.25) is 5.91 Å². The molecule has 6 heteroatoms. The fraction of sp³-hybridized carbons (Fsp3) is 0.833. The van der Waals surface area contributed by atoms with Gasteiger partial charge in [0.25, 0.3) is 0 Å². The molecule has 0 saturated carbocycles. The van der Waals surface area contributed by atoms with E-state index in [1.807, 2.05) is 13.8 Å². The Balaban J connectivity index is 2.79. The molecular weight excluding hydrogens is 234 g/mol. The van der Waals surface area contributed by atoms with Gasteiger partial charge in [-0.2, -0.15) is 0 Å². The highest BCUT2D eigenvalue weighted by Crippen LogP contribution is 2.25. The first kappa shape index (κ1) is 14.8. The molecule has 0 aromatic rings. The van der Waals surface area contributed by atoms with E-state index in [9.17, 15) is 4.79 Å². The molecule has 4 N–H and O–H groups in total. The average Bonchev–Trinajstić information content (AvgIpc) is 2.36. The third-order valence-electron chi connectivity index (χ3n) is 3.73. The number of nitrogens with zero attached hydrogens (tertiary/aromatic N) is 1. The largest absolute Gasteiger partial charge is 0.409 e. The van der Waals surface area contributed by atoms with Gasteiger partial charge in [0.15, 0.2) is 5.84 Å². The second-order valence-corrected chi connectivity index (χ2v) is 5.34. The lowest BCUT2D eigenvalue weighted by Gasteiger charge is -2.37. The van der Waals surface area contributed by atoms with Gasteiger partial charge in [0.1, 0.15) is 5.41 Å². The van der Waals surface area contributed by atoms with E-state index in [1.165, 1.54) is 0 Å². The zero-order valence-electron chi connectivity index (χ0n) is 11.3. The summed E-state index contributed by atoms with van der Waals surface area (Å²) < 4.78 is 5.39. The minimum atomic E-state index is -0.991. The summed E-state index contributed by atoms with van der Waals surface area (Å²) in [5.74, 6) is -0.295. The second-order valence-electron chi connectivity index (χ2n) is 5.34. The Bertz CT molecular complexity index is 337. The standard InChI is InChI=1S/C12H23N3O3/c1-4-12(3,9(13)15-17)10(16)14-11(2)6-5-7-18-8-11/h17H,4-8H2,1-3H3,(H2,13,15)(H,14,16). The van der Waals surface area contributed by atoms with Crippen molar-refractivity contribution in [3.63, 3.8) is 0 Å². The molecule has 1 amide bonds. The minimum Gasteiger partial charge on any atom is -0.409 e. The summed E-state index contributed by atoms with van der Waals surface area (Å²) in [6, 6.07) is 0. The van der Waals surface area contributed by atoms with Crippen molar-refractivity contribution >= 4 is 11.7 Å². The lowest BCUT2D eigenvalue weighted by atomic mass is 9.83. The van der Waals surface area contributed by atoms with Gasteiger partial charge in [-0.25, -0.2) is 0 Å². The summed E-state index contributed by atoms with van der Waals surface area (Å²) in [5, 5.41) is 14.7. The van der Waals surface area contributed by atoms with E-state index in [2.05, 4.69) is 10.5 Å². The second kappa shape index (κ2) is 5.56. The number of amidine groups is 1. The van der Waals surface area contributed by atoms with E-state index in [-0.39, 0.29) is 17.3 Å². The van der Waals surface area contributed by atoms with Crippen LogP contribution >= 0.6 is 0 Å². The highest BCUT2D eigenvalue weighted by molar-refractivity contribution is 6.06. The lowest BCUT2D eigenvalue weighted by Crippen LogP contribution is -2.58. The fourth-order valence-electron chi connectivity index (χ4n) is 2.01. The van der Waals surface area contributed by atoms with E-state index in [0.717, 1.165) is 19.4 Å². The summed E-state index contributed by atoms with van der Waals surface area (Å²) in [7, 11) is 0. The molecule has 0 spiro atoms. The molecule has 6 nitrogen and oxygen atoms in total. The molecule has 2 unspecified atom stereocenters. The highest BCUT2D eigenvalue weighted by Gasteiger charge is 2.40. The smallest absolute Gasteiger partial charge is 0.234 e. The van der Waals surface area contributed by atoms with Crippen molar-refractivity contribution in [3.05, 3.63) is 0 Å². The molecule has 1 fully saturated rings. The molecule has 0 radical (unpaired) electrons. The Labute approximate surface area is 108 Å². The van der Waals surface area contributed by atoms with E-state index >= 15 is 0 Å². The van der Waals surface area contributed by atoms with E-state index < -0.39 is 5.41 Å². The average molecular weight is 257 g/mol. The van der Waals surface area contributed by atoms with Crippen LogP contribution in [0.1, 0.15) is 40.0 Å². The van der Waals surface area contributed by atoms with Gasteiger partial charge in [0, 0.05) is 6.61 Å². The van der Waals surface area contributed by atoms with Gasteiger partial charge in [-0.15, -0.1) is 0 Å². The Kier molecular flexibility index (Phi) is 4.56. The third kappa shape index (κ3) is 2.93. The predicted octanol–water partition coefficient (Wildman–Crippen LogP) is 0.834. The van der Waals surface area contributed by atoms with Crippen LogP contribution in [0.25, 0.3) is 0 Å². The lowest BCUT2D eigenvalue weighted by molar-refractivity contribution is -0.130. The first-order valence-electron chi connectivity index (χ1n) is 6.26. The van der Waals surface area contributed by atoms with Crippen molar-refractivity contribution in [2.45, 2.75) is 45.6 Å². The van der Waals surface area contributed by atoms with Crippen molar-refractivity contribution in [3.8, 4) is 0 Å².